The Balaban J connectivity index is 1.54. The van der Waals surface area contributed by atoms with E-state index in [9.17, 15) is 4.79 Å². The van der Waals surface area contributed by atoms with Gasteiger partial charge in [-0.1, -0.05) is 30.0 Å². The van der Waals surface area contributed by atoms with Crippen molar-refractivity contribution in [3.05, 3.63) is 70.9 Å². The molecule has 0 aromatic heterocycles. The maximum atomic E-state index is 12.9. The Labute approximate surface area is 215 Å². The number of nitrogens with zero attached hydrogens (tertiary/aromatic N) is 2. The zero-order chi connectivity index (χ0) is 25.5. The summed E-state index contributed by atoms with van der Waals surface area (Å²) in [5, 5.41) is 2.77. The molecule has 2 aromatic carbocycles. The average molecular weight is 511 g/mol. The number of hydrogen-bond acceptors (Lipinski definition) is 9. The Hall–Kier alpha value is -3.59. The number of ether oxygens (including phenoxy) is 5. The van der Waals surface area contributed by atoms with Gasteiger partial charge in [0.2, 0.25) is 0 Å². The first-order valence-corrected chi connectivity index (χ1v) is 12.7. The lowest BCUT2D eigenvalue weighted by Crippen LogP contribution is -2.34. The molecule has 0 amide bonds. The van der Waals surface area contributed by atoms with Crippen molar-refractivity contribution in [2.45, 2.75) is 26.8 Å². The van der Waals surface area contributed by atoms with Crippen LogP contribution in [-0.2, 0) is 9.53 Å². The molecule has 0 saturated heterocycles. The smallest absolute Gasteiger partial charge is 0.338 e. The number of amidine groups is 1. The number of thioether (sulfide) groups is 1. The van der Waals surface area contributed by atoms with E-state index in [1.807, 2.05) is 72.8 Å². The van der Waals surface area contributed by atoms with Crippen LogP contribution in [0.3, 0.4) is 0 Å². The number of para-hydroxylation sites is 2. The second kappa shape index (κ2) is 11.9. The summed E-state index contributed by atoms with van der Waals surface area (Å²) in [6.07, 6.45) is 1.93. The quantitative estimate of drug-likeness (QED) is 0.297. The molecule has 2 aromatic rings. The average Bonchev–Trinajstić information content (AvgIpc) is 3.35. The Bertz CT molecular complexity index is 1190. The van der Waals surface area contributed by atoms with E-state index in [1.165, 1.54) is 11.8 Å². The molecule has 0 spiro atoms. The van der Waals surface area contributed by atoms with Gasteiger partial charge in [0.25, 0.3) is 0 Å². The predicted molar refractivity (Wildman–Crippen MR) is 140 cm³/mol. The summed E-state index contributed by atoms with van der Waals surface area (Å²) in [5.41, 5.74) is 2.03. The van der Waals surface area contributed by atoms with Gasteiger partial charge in [0.15, 0.2) is 28.2 Å². The number of hydrogen-bond donors (Lipinski definition) is 0. The van der Waals surface area contributed by atoms with Crippen molar-refractivity contribution in [2.75, 3.05) is 33.5 Å². The Morgan fingerprint density at radius 2 is 1.69 bits per heavy atom. The van der Waals surface area contributed by atoms with Crippen LogP contribution in [0.5, 0.6) is 23.0 Å². The van der Waals surface area contributed by atoms with Crippen molar-refractivity contribution in [1.29, 1.82) is 0 Å². The van der Waals surface area contributed by atoms with E-state index in [1.54, 1.807) is 14.0 Å². The lowest BCUT2D eigenvalue weighted by molar-refractivity contribution is -0.139. The zero-order valence-electron chi connectivity index (χ0n) is 20.9. The third-order valence-corrected chi connectivity index (χ3v) is 6.34. The number of rotatable bonds is 11. The molecule has 0 N–H and O–H groups in total. The standard InChI is InChI=1S/C27H30N2O6S/c1-5-32-23-17-19(11-12-22(23)35-15-14-34-21-10-8-7-9-20(21)31-4)25-24(26(30)33-6-2)18(3)28-27-29(25)13-16-36-27/h7-13,16-17,25H,5-6,14-15H2,1-4H3/t25-/m1/s1. The highest BCUT2D eigenvalue weighted by molar-refractivity contribution is 8.16. The Morgan fingerprint density at radius 1 is 0.972 bits per heavy atom. The van der Waals surface area contributed by atoms with Crippen LogP contribution in [0.15, 0.2) is 70.3 Å². The lowest BCUT2D eigenvalue weighted by atomic mass is 9.94. The highest BCUT2D eigenvalue weighted by atomic mass is 32.2. The van der Waals surface area contributed by atoms with Crippen molar-refractivity contribution in [3.63, 3.8) is 0 Å². The summed E-state index contributed by atoms with van der Waals surface area (Å²) < 4.78 is 28.4. The molecule has 190 valence electrons. The normalized spacial score (nSPS) is 16.4. The summed E-state index contributed by atoms with van der Waals surface area (Å²) in [7, 11) is 1.61. The van der Waals surface area contributed by atoms with Gasteiger partial charge in [0, 0.05) is 6.20 Å². The molecule has 36 heavy (non-hydrogen) atoms. The molecule has 2 aliphatic heterocycles. The van der Waals surface area contributed by atoms with Gasteiger partial charge in [-0.15, -0.1) is 0 Å². The molecule has 2 aliphatic rings. The van der Waals surface area contributed by atoms with Gasteiger partial charge in [-0.3, -0.25) is 0 Å². The van der Waals surface area contributed by atoms with Crippen LogP contribution < -0.4 is 18.9 Å². The highest BCUT2D eigenvalue weighted by Crippen LogP contribution is 2.43. The minimum Gasteiger partial charge on any atom is -0.493 e. The molecule has 0 bridgehead atoms. The van der Waals surface area contributed by atoms with Crippen LogP contribution in [0.2, 0.25) is 0 Å². The first-order valence-electron chi connectivity index (χ1n) is 11.8. The Kier molecular flexibility index (Phi) is 8.43. The first kappa shape index (κ1) is 25.5. The fourth-order valence-corrected chi connectivity index (χ4v) is 4.81. The molecular weight excluding hydrogens is 480 g/mol. The summed E-state index contributed by atoms with van der Waals surface area (Å²) >= 11 is 1.52. The van der Waals surface area contributed by atoms with Crippen LogP contribution in [0.1, 0.15) is 32.4 Å². The molecule has 0 saturated carbocycles. The van der Waals surface area contributed by atoms with Crippen LogP contribution >= 0.6 is 11.8 Å². The number of methoxy groups -OCH3 is 1. The van der Waals surface area contributed by atoms with Crippen LogP contribution in [0.4, 0.5) is 0 Å². The summed E-state index contributed by atoms with van der Waals surface area (Å²) in [6.45, 7) is 6.96. The molecule has 0 fully saturated rings. The molecule has 0 aliphatic carbocycles. The topological polar surface area (TPSA) is 78.8 Å². The van der Waals surface area contributed by atoms with Gasteiger partial charge < -0.3 is 28.6 Å². The van der Waals surface area contributed by atoms with E-state index < -0.39 is 0 Å². The van der Waals surface area contributed by atoms with E-state index in [0.717, 1.165) is 10.7 Å². The van der Waals surface area contributed by atoms with Crippen molar-refractivity contribution in [3.8, 4) is 23.0 Å². The molecule has 0 unspecified atom stereocenters. The molecule has 8 nitrogen and oxygen atoms in total. The maximum absolute atomic E-state index is 12.9. The van der Waals surface area contributed by atoms with E-state index in [-0.39, 0.29) is 18.6 Å². The highest BCUT2D eigenvalue weighted by Gasteiger charge is 2.37. The van der Waals surface area contributed by atoms with E-state index in [2.05, 4.69) is 4.99 Å². The van der Waals surface area contributed by atoms with E-state index in [0.29, 0.717) is 54.1 Å². The number of fused-ring (bicyclic) bond motifs is 1. The molecular formula is C27H30N2O6S. The number of allylic oxidation sites excluding steroid dienone is 1. The second-order valence-electron chi connectivity index (χ2n) is 7.81. The third kappa shape index (κ3) is 5.46. The molecule has 2 heterocycles. The van der Waals surface area contributed by atoms with Crippen LogP contribution in [-0.4, -0.2) is 49.6 Å². The SMILES string of the molecule is CCOC(=O)C1=C(C)N=C2SC=CN2[C@@H]1c1ccc(OCCOc2ccccc2OC)c(OCC)c1. The fourth-order valence-electron chi connectivity index (χ4n) is 4.02. The number of carbonyl (C=O) groups is 1. The van der Waals surface area contributed by atoms with Crippen molar-refractivity contribution in [1.82, 2.24) is 4.90 Å². The number of esters is 1. The van der Waals surface area contributed by atoms with Gasteiger partial charge in [-0.2, -0.15) is 0 Å². The fraction of sp³-hybridized carbons (Fsp3) is 0.333. The second-order valence-corrected chi connectivity index (χ2v) is 8.69. The van der Waals surface area contributed by atoms with Crippen molar-refractivity contribution in [2.24, 2.45) is 4.99 Å². The van der Waals surface area contributed by atoms with Crippen molar-refractivity contribution >= 4 is 22.9 Å². The van der Waals surface area contributed by atoms with Gasteiger partial charge in [0.1, 0.15) is 13.2 Å². The van der Waals surface area contributed by atoms with Gasteiger partial charge in [0.05, 0.1) is 37.6 Å². The zero-order valence-corrected chi connectivity index (χ0v) is 21.7. The lowest BCUT2D eigenvalue weighted by Gasteiger charge is -2.33. The molecule has 4 rings (SSSR count). The third-order valence-electron chi connectivity index (χ3n) is 5.57. The maximum Gasteiger partial charge on any atom is 0.338 e. The summed E-state index contributed by atoms with van der Waals surface area (Å²) in [5.74, 6) is 2.14. The van der Waals surface area contributed by atoms with Gasteiger partial charge in [-0.05, 0) is 56.0 Å². The van der Waals surface area contributed by atoms with Crippen LogP contribution in [0.25, 0.3) is 0 Å². The number of carbonyl (C=O) groups excluding carboxylic acids is 1. The molecule has 0 radical (unpaired) electrons. The largest absolute Gasteiger partial charge is 0.493 e. The predicted octanol–water partition coefficient (Wildman–Crippen LogP) is 5.32. The van der Waals surface area contributed by atoms with E-state index >= 15 is 0 Å². The molecule has 1 atom stereocenters. The van der Waals surface area contributed by atoms with Crippen molar-refractivity contribution < 1.29 is 28.5 Å². The minimum atomic E-state index is -0.384. The number of aliphatic imine (C=N–C) groups is 1. The monoisotopic (exact) mass is 510 g/mol. The first-order chi connectivity index (χ1) is 17.6. The summed E-state index contributed by atoms with van der Waals surface area (Å²) in [6, 6.07) is 12.8. The Morgan fingerprint density at radius 3 is 2.39 bits per heavy atom. The van der Waals surface area contributed by atoms with E-state index in [4.69, 9.17) is 23.7 Å². The summed E-state index contributed by atoms with van der Waals surface area (Å²) in [4.78, 5) is 19.5. The van der Waals surface area contributed by atoms with Gasteiger partial charge in [-0.25, -0.2) is 9.79 Å². The minimum absolute atomic E-state index is 0.289. The number of benzene rings is 2. The molecule has 9 heteroatoms. The van der Waals surface area contributed by atoms with Crippen LogP contribution in [0, 0.1) is 0 Å². The van der Waals surface area contributed by atoms with Gasteiger partial charge >= 0.3 is 5.97 Å².